The molecule has 12 heteroatoms. The maximum atomic E-state index is 13.9. The predicted octanol–water partition coefficient (Wildman–Crippen LogP) is 3.90. The molecule has 2 atom stereocenters. The number of carbonyl (C=O) groups excluding carboxylic acids is 1. The molecule has 0 spiro atoms. The Morgan fingerprint density at radius 1 is 1.30 bits per heavy atom. The number of nitrogens with zero attached hydrogens (tertiary/aromatic N) is 3. The Bertz CT molecular complexity index is 1300. The molecule has 1 aromatic heterocycles. The van der Waals surface area contributed by atoms with Crippen molar-refractivity contribution in [1.29, 1.82) is 0 Å². The number of benzene rings is 1. The number of sulfonamides is 1. The monoisotopic (exact) mass is 553 g/mol. The molecule has 1 aliphatic carbocycles. The second-order valence-electron chi connectivity index (χ2n) is 10.5. The van der Waals surface area contributed by atoms with E-state index in [1.54, 1.807) is 39.0 Å². The van der Waals surface area contributed by atoms with Crippen molar-refractivity contribution in [1.82, 2.24) is 9.78 Å². The SMILES string of the molecule is CCn1cc(S(=O)(=O)N2C[C@H]([C@H](CC(=O)O)C3CC3)Oc3ccc(CC(=O)OC(C)(C)C)cc32)c(Cl)n1. The van der Waals surface area contributed by atoms with Crippen LogP contribution in [0.3, 0.4) is 0 Å². The number of aromatic nitrogens is 2. The Morgan fingerprint density at radius 3 is 2.57 bits per heavy atom. The number of hydrogen-bond acceptors (Lipinski definition) is 7. The van der Waals surface area contributed by atoms with Gasteiger partial charge in [-0.1, -0.05) is 17.7 Å². The van der Waals surface area contributed by atoms with Gasteiger partial charge in [-0.15, -0.1) is 0 Å². The summed E-state index contributed by atoms with van der Waals surface area (Å²) >= 11 is 6.24. The molecule has 0 unspecified atom stereocenters. The van der Waals surface area contributed by atoms with Gasteiger partial charge in [0.2, 0.25) is 0 Å². The van der Waals surface area contributed by atoms with E-state index >= 15 is 0 Å². The maximum absolute atomic E-state index is 13.9. The fourth-order valence-corrected chi connectivity index (χ4v) is 6.51. The third-order valence-corrected chi connectivity index (χ3v) is 8.55. The van der Waals surface area contributed by atoms with Crippen LogP contribution in [0.15, 0.2) is 29.3 Å². The number of hydrogen-bond donors (Lipinski definition) is 1. The molecule has 1 fully saturated rings. The van der Waals surface area contributed by atoms with E-state index in [9.17, 15) is 23.1 Å². The summed E-state index contributed by atoms with van der Waals surface area (Å²) in [5, 5.41) is 13.4. The molecule has 2 aliphatic rings. The van der Waals surface area contributed by atoms with E-state index in [1.807, 2.05) is 6.92 Å². The summed E-state index contributed by atoms with van der Waals surface area (Å²) in [6.45, 7) is 7.47. The lowest BCUT2D eigenvalue weighted by molar-refractivity contribution is -0.154. The van der Waals surface area contributed by atoms with Gasteiger partial charge in [0.05, 0.1) is 25.1 Å². The van der Waals surface area contributed by atoms with Gasteiger partial charge >= 0.3 is 11.9 Å². The molecule has 0 radical (unpaired) electrons. The highest BCUT2D eigenvalue weighted by Crippen LogP contribution is 2.46. The summed E-state index contributed by atoms with van der Waals surface area (Å²) in [5.41, 5.74) is 0.146. The first kappa shape index (κ1) is 27.3. The van der Waals surface area contributed by atoms with Gasteiger partial charge in [-0.2, -0.15) is 5.10 Å². The summed E-state index contributed by atoms with van der Waals surface area (Å²) in [4.78, 5) is 23.9. The Hall–Kier alpha value is -2.79. The predicted molar refractivity (Wildman–Crippen MR) is 136 cm³/mol. The van der Waals surface area contributed by atoms with Gasteiger partial charge in [0, 0.05) is 18.7 Å². The molecule has 1 aromatic carbocycles. The number of aliphatic carboxylic acids is 1. The van der Waals surface area contributed by atoms with E-state index in [-0.39, 0.29) is 47.0 Å². The minimum Gasteiger partial charge on any atom is -0.486 e. The number of esters is 1. The van der Waals surface area contributed by atoms with Crippen LogP contribution in [0.25, 0.3) is 0 Å². The van der Waals surface area contributed by atoms with Crippen molar-refractivity contribution >= 4 is 39.3 Å². The van der Waals surface area contributed by atoms with Crippen LogP contribution >= 0.6 is 11.6 Å². The lowest BCUT2D eigenvalue weighted by Crippen LogP contribution is -2.47. The zero-order valence-corrected chi connectivity index (χ0v) is 22.9. The van der Waals surface area contributed by atoms with E-state index < -0.39 is 33.7 Å². The molecule has 1 saturated carbocycles. The summed E-state index contributed by atoms with van der Waals surface area (Å²) in [7, 11) is -4.20. The Labute approximate surface area is 221 Å². The smallest absolute Gasteiger partial charge is 0.310 e. The van der Waals surface area contributed by atoms with Crippen LogP contribution in [-0.4, -0.2) is 53.5 Å². The topological polar surface area (TPSA) is 128 Å². The molecule has 10 nitrogen and oxygen atoms in total. The van der Waals surface area contributed by atoms with Crippen molar-refractivity contribution in [2.24, 2.45) is 11.8 Å². The fourth-order valence-electron chi connectivity index (χ4n) is 4.59. The Morgan fingerprint density at radius 2 is 2.00 bits per heavy atom. The first-order valence-corrected chi connectivity index (χ1v) is 14.1. The first-order chi connectivity index (χ1) is 17.3. The number of rotatable bonds is 9. The van der Waals surface area contributed by atoms with Crippen molar-refractivity contribution in [3.8, 4) is 5.75 Å². The van der Waals surface area contributed by atoms with Gasteiger partial charge in [0.1, 0.15) is 22.4 Å². The van der Waals surface area contributed by atoms with Crippen molar-refractivity contribution in [3.05, 3.63) is 35.1 Å². The van der Waals surface area contributed by atoms with Crippen molar-refractivity contribution < 1.29 is 32.6 Å². The van der Waals surface area contributed by atoms with Gasteiger partial charge in [0.15, 0.2) is 5.15 Å². The third kappa shape index (κ3) is 6.20. The van der Waals surface area contributed by atoms with Gasteiger partial charge < -0.3 is 14.6 Å². The lowest BCUT2D eigenvalue weighted by Gasteiger charge is -2.38. The number of carboxylic acid groups (broad SMARTS) is 1. The van der Waals surface area contributed by atoms with Gasteiger partial charge in [0.25, 0.3) is 10.0 Å². The zero-order chi connectivity index (χ0) is 27.1. The summed E-state index contributed by atoms with van der Waals surface area (Å²) in [5.74, 6) is -1.30. The number of ether oxygens (including phenoxy) is 2. The first-order valence-electron chi connectivity index (χ1n) is 12.3. The molecule has 202 valence electrons. The molecular formula is C25H32ClN3O7S. The highest BCUT2D eigenvalue weighted by atomic mass is 35.5. The summed E-state index contributed by atoms with van der Waals surface area (Å²) in [6.07, 6.45) is 2.29. The highest BCUT2D eigenvalue weighted by molar-refractivity contribution is 7.93. The van der Waals surface area contributed by atoms with Crippen LogP contribution in [0.2, 0.25) is 5.15 Å². The number of carbonyl (C=O) groups is 2. The van der Waals surface area contributed by atoms with E-state index in [2.05, 4.69) is 5.10 Å². The molecule has 2 aromatic rings. The average Bonchev–Trinajstić information content (AvgIpc) is 3.56. The van der Waals surface area contributed by atoms with E-state index in [4.69, 9.17) is 21.1 Å². The molecule has 37 heavy (non-hydrogen) atoms. The number of fused-ring (bicyclic) bond motifs is 1. The van der Waals surface area contributed by atoms with Crippen LogP contribution in [0.4, 0.5) is 5.69 Å². The van der Waals surface area contributed by atoms with Crippen LogP contribution in [0.1, 0.15) is 52.5 Å². The third-order valence-electron chi connectivity index (χ3n) is 6.38. The Balaban J connectivity index is 1.74. The van der Waals surface area contributed by atoms with Crippen molar-refractivity contribution in [2.75, 3.05) is 10.8 Å². The standard InChI is InChI=1S/C25H32ClN3O7S/c1-5-28-14-21(24(26)27-28)37(33,34)29-13-20(17(12-22(30)31)16-7-8-16)35-19-9-6-15(10-18(19)29)11-23(32)36-25(2,3)4/h6,9-10,14,16-17,20H,5,7-8,11-13H2,1-4H3,(H,30,31)/t17-,20-/m1/s1. The van der Waals surface area contributed by atoms with Crippen molar-refractivity contribution in [2.45, 2.75) is 76.5 Å². The Kier molecular flexibility index (Phi) is 7.49. The molecule has 0 saturated heterocycles. The molecule has 0 amide bonds. The van der Waals surface area contributed by atoms with E-state index in [0.29, 0.717) is 17.9 Å². The summed E-state index contributed by atoms with van der Waals surface area (Å²) in [6, 6.07) is 4.89. The minimum atomic E-state index is -4.20. The fraction of sp³-hybridized carbons (Fsp3) is 0.560. The van der Waals surface area contributed by atoms with E-state index in [0.717, 1.165) is 12.8 Å². The molecule has 1 aliphatic heterocycles. The number of aryl methyl sites for hydroxylation is 1. The second kappa shape index (κ2) is 10.2. The largest absolute Gasteiger partial charge is 0.486 e. The van der Waals surface area contributed by atoms with Crippen LogP contribution < -0.4 is 9.04 Å². The van der Waals surface area contributed by atoms with E-state index in [1.165, 1.54) is 15.2 Å². The molecule has 2 heterocycles. The average molecular weight is 554 g/mol. The van der Waals surface area contributed by atoms with Crippen LogP contribution in [-0.2, 0) is 37.3 Å². The maximum Gasteiger partial charge on any atom is 0.310 e. The van der Waals surface area contributed by atoms with Crippen LogP contribution in [0, 0.1) is 11.8 Å². The number of halogens is 1. The molecule has 1 N–H and O–H groups in total. The second-order valence-corrected chi connectivity index (χ2v) is 12.7. The number of carboxylic acids is 1. The van der Waals surface area contributed by atoms with Crippen LogP contribution in [0.5, 0.6) is 5.75 Å². The van der Waals surface area contributed by atoms with Gasteiger partial charge in [-0.05, 0) is 64.2 Å². The van der Waals surface area contributed by atoms with Gasteiger partial charge in [-0.25, -0.2) is 8.42 Å². The molecule has 4 rings (SSSR count). The van der Waals surface area contributed by atoms with Gasteiger partial charge in [-0.3, -0.25) is 18.6 Å². The lowest BCUT2D eigenvalue weighted by atomic mass is 9.92. The minimum absolute atomic E-state index is 0.0555. The molecule has 0 bridgehead atoms. The quantitative estimate of drug-likeness (QED) is 0.463. The molecular weight excluding hydrogens is 522 g/mol. The summed E-state index contributed by atoms with van der Waals surface area (Å²) < 4.78 is 42.1. The normalized spacial score (nSPS) is 18.6. The zero-order valence-electron chi connectivity index (χ0n) is 21.3. The number of anilines is 1. The highest BCUT2D eigenvalue weighted by Gasteiger charge is 2.45. The van der Waals surface area contributed by atoms with Crippen molar-refractivity contribution in [3.63, 3.8) is 0 Å².